The Morgan fingerprint density at radius 2 is 2.33 bits per heavy atom. The lowest BCUT2D eigenvalue weighted by Gasteiger charge is -2.12. The van der Waals surface area contributed by atoms with E-state index >= 15 is 0 Å². The summed E-state index contributed by atoms with van der Waals surface area (Å²) in [4.78, 5) is 15.6. The van der Waals surface area contributed by atoms with Crippen LogP contribution in [0.15, 0.2) is 30.9 Å². The first-order valence-electron chi connectivity index (χ1n) is 6.82. The van der Waals surface area contributed by atoms with E-state index in [4.69, 9.17) is 5.73 Å². The van der Waals surface area contributed by atoms with Crippen LogP contribution in [0.4, 0.5) is 10.1 Å². The molecule has 0 bridgehead atoms. The zero-order chi connectivity index (χ0) is 15.2. The van der Waals surface area contributed by atoms with Gasteiger partial charge in [0.05, 0.1) is 6.04 Å². The monoisotopic (exact) mass is 291 g/mol. The van der Waals surface area contributed by atoms with Gasteiger partial charge in [0.25, 0.3) is 0 Å². The molecule has 0 spiro atoms. The smallest absolute Gasteiger partial charge is 0.241 e. The first-order chi connectivity index (χ1) is 10.1. The van der Waals surface area contributed by atoms with Crippen LogP contribution in [0.1, 0.15) is 26.2 Å². The number of hydrogen-bond donors (Lipinski definition) is 2. The summed E-state index contributed by atoms with van der Waals surface area (Å²) in [5.74, 6) is -0.809. The van der Waals surface area contributed by atoms with E-state index in [-0.39, 0.29) is 11.6 Å². The average molecular weight is 291 g/mol. The van der Waals surface area contributed by atoms with Gasteiger partial charge in [-0.1, -0.05) is 19.8 Å². The van der Waals surface area contributed by atoms with Gasteiger partial charge in [-0.15, -0.1) is 0 Å². The second kappa shape index (κ2) is 6.94. The highest BCUT2D eigenvalue weighted by Crippen LogP contribution is 2.17. The summed E-state index contributed by atoms with van der Waals surface area (Å²) in [7, 11) is 0. The standard InChI is InChI=1S/C14H18FN5O/c1-2-3-4-12(16)14(21)19-10-5-6-13(11(15)7-10)20-9-17-8-18-20/h5-9,12H,2-4,16H2,1H3,(H,19,21). The number of hydrogen-bond acceptors (Lipinski definition) is 4. The lowest BCUT2D eigenvalue weighted by molar-refractivity contribution is -0.117. The summed E-state index contributed by atoms with van der Waals surface area (Å²) in [5, 5.41) is 6.47. The van der Waals surface area contributed by atoms with Crippen molar-refractivity contribution >= 4 is 11.6 Å². The molecule has 3 N–H and O–H groups in total. The molecule has 2 rings (SSSR count). The van der Waals surface area contributed by atoms with Gasteiger partial charge in [0.2, 0.25) is 5.91 Å². The third-order valence-corrected chi connectivity index (χ3v) is 3.09. The normalized spacial score (nSPS) is 12.1. The molecule has 0 aliphatic carbocycles. The maximum atomic E-state index is 14.0. The van der Waals surface area contributed by atoms with Crippen molar-refractivity contribution in [1.82, 2.24) is 14.8 Å². The number of nitrogens with zero attached hydrogens (tertiary/aromatic N) is 3. The van der Waals surface area contributed by atoms with E-state index < -0.39 is 11.9 Å². The Bertz CT molecular complexity index is 599. The average Bonchev–Trinajstić information content (AvgIpc) is 2.98. The van der Waals surface area contributed by atoms with Gasteiger partial charge in [-0.05, 0) is 24.6 Å². The van der Waals surface area contributed by atoms with Gasteiger partial charge in [0.1, 0.15) is 18.3 Å². The lowest BCUT2D eigenvalue weighted by Crippen LogP contribution is -2.35. The van der Waals surface area contributed by atoms with Gasteiger partial charge in [0, 0.05) is 5.69 Å². The summed E-state index contributed by atoms with van der Waals surface area (Å²) < 4.78 is 15.3. The van der Waals surface area contributed by atoms with E-state index in [2.05, 4.69) is 15.4 Å². The van der Waals surface area contributed by atoms with Crippen molar-refractivity contribution in [1.29, 1.82) is 0 Å². The Kier molecular flexibility index (Phi) is 4.99. The van der Waals surface area contributed by atoms with Crippen molar-refractivity contribution in [2.24, 2.45) is 5.73 Å². The highest BCUT2D eigenvalue weighted by molar-refractivity contribution is 5.94. The Labute approximate surface area is 122 Å². The number of amides is 1. The molecule has 1 unspecified atom stereocenters. The van der Waals surface area contributed by atoms with E-state index in [1.54, 1.807) is 6.07 Å². The minimum atomic E-state index is -0.581. The number of nitrogens with two attached hydrogens (primary N) is 1. The molecule has 0 aliphatic rings. The molecule has 0 saturated heterocycles. The van der Waals surface area contributed by atoms with Crippen molar-refractivity contribution in [3.05, 3.63) is 36.7 Å². The van der Waals surface area contributed by atoms with Crippen molar-refractivity contribution in [3.8, 4) is 5.69 Å². The minimum Gasteiger partial charge on any atom is -0.325 e. The summed E-state index contributed by atoms with van der Waals surface area (Å²) >= 11 is 0. The van der Waals surface area contributed by atoms with Crippen LogP contribution in [0.2, 0.25) is 0 Å². The van der Waals surface area contributed by atoms with E-state index in [0.29, 0.717) is 12.1 Å². The van der Waals surface area contributed by atoms with Crippen LogP contribution in [0, 0.1) is 5.82 Å². The van der Waals surface area contributed by atoms with Crippen LogP contribution >= 0.6 is 0 Å². The maximum absolute atomic E-state index is 14.0. The van der Waals surface area contributed by atoms with Crippen molar-refractivity contribution < 1.29 is 9.18 Å². The number of anilines is 1. The van der Waals surface area contributed by atoms with Crippen LogP contribution in [-0.2, 0) is 4.79 Å². The first-order valence-corrected chi connectivity index (χ1v) is 6.82. The molecule has 6 nitrogen and oxygen atoms in total. The van der Waals surface area contributed by atoms with E-state index in [1.165, 1.54) is 29.5 Å². The fraction of sp³-hybridized carbons (Fsp3) is 0.357. The van der Waals surface area contributed by atoms with Crippen LogP contribution in [0.5, 0.6) is 0 Å². The molecule has 1 aromatic heterocycles. The molecule has 112 valence electrons. The quantitative estimate of drug-likeness (QED) is 0.850. The first kappa shape index (κ1) is 15.1. The summed E-state index contributed by atoms with van der Waals surface area (Å²) in [6.07, 6.45) is 5.19. The SMILES string of the molecule is CCCCC(N)C(=O)Nc1ccc(-n2cncn2)c(F)c1. The van der Waals surface area contributed by atoms with E-state index in [0.717, 1.165) is 12.8 Å². The van der Waals surface area contributed by atoms with Crippen molar-refractivity contribution in [2.45, 2.75) is 32.2 Å². The third kappa shape index (κ3) is 3.85. The zero-order valence-corrected chi connectivity index (χ0v) is 11.8. The molecule has 1 heterocycles. The molecule has 7 heteroatoms. The van der Waals surface area contributed by atoms with Gasteiger partial charge >= 0.3 is 0 Å². The molecule has 21 heavy (non-hydrogen) atoms. The van der Waals surface area contributed by atoms with Crippen molar-refractivity contribution in [3.63, 3.8) is 0 Å². The number of benzene rings is 1. The number of halogens is 1. The van der Waals surface area contributed by atoms with Gasteiger partial charge in [-0.2, -0.15) is 5.10 Å². The maximum Gasteiger partial charge on any atom is 0.241 e. The van der Waals surface area contributed by atoms with Gasteiger partial charge < -0.3 is 11.1 Å². The van der Waals surface area contributed by atoms with Crippen molar-refractivity contribution in [2.75, 3.05) is 5.32 Å². The van der Waals surface area contributed by atoms with Gasteiger partial charge in [0.15, 0.2) is 5.82 Å². The molecule has 1 aromatic carbocycles. The second-order valence-corrected chi connectivity index (χ2v) is 4.74. The number of carbonyl (C=O) groups excluding carboxylic acids is 1. The molecule has 1 amide bonds. The molecule has 0 fully saturated rings. The van der Waals surface area contributed by atoms with Crippen LogP contribution < -0.4 is 11.1 Å². The fourth-order valence-electron chi connectivity index (χ4n) is 1.89. The van der Waals surface area contributed by atoms with Gasteiger partial charge in [-0.3, -0.25) is 4.79 Å². The Balaban J connectivity index is 2.05. The van der Waals surface area contributed by atoms with Crippen LogP contribution in [-0.4, -0.2) is 26.7 Å². The predicted molar refractivity (Wildman–Crippen MR) is 77.4 cm³/mol. The predicted octanol–water partition coefficient (Wildman–Crippen LogP) is 1.86. The summed E-state index contributed by atoms with van der Waals surface area (Å²) in [6, 6.07) is 3.78. The van der Waals surface area contributed by atoms with E-state index in [1.807, 2.05) is 6.92 Å². The van der Waals surface area contributed by atoms with Crippen LogP contribution in [0.25, 0.3) is 5.69 Å². The number of aromatic nitrogens is 3. The Morgan fingerprint density at radius 3 is 2.95 bits per heavy atom. The number of nitrogens with one attached hydrogen (secondary N) is 1. The number of unbranched alkanes of at least 4 members (excludes halogenated alkanes) is 1. The number of rotatable bonds is 6. The van der Waals surface area contributed by atoms with Gasteiger partial charge in [-0.25, -0.2) is 14.1 Å². The molecule has 2 aromatic rings. The highest BCUT2D eigenvalue weighted by Gasteiger charge is 2.14. The van der Waals surface area contributed by atoms with Crippen LogP contribution in [0.3, 0.4) is 0 Å². The third-order valence-electron chi connectivity index (χ3n) is 3.09. The topological polar surface area (TPSA) is 85.8 Å². The number of carbonyl (C=O) groups is 1. The highest BCUT2D eigenvalue weighted by atomic mass is 19.1. The summed E-state index contributed by atoms with van der Waals surface area (Å²) in [6.45, 7) is 2.03. The summed E-state index contributed by atoms with van der Waals surface area (Å²) in [5.41, 5.74) is 6.40. The second-order valence-electron chi connectivity index (χ2n) is 4.74. The Morgan fingerprint density at radius 1 is 1.52 bits per heavy atom. The Hall–Kier alpha value is -2.28. The fourth-order valence-corrected chi connectivity index (χ4v) is 1.89. The van der Waals surface area contributed by atoms with E-state index in [9.17, 15) is 9.18 Å². The lowest BCUT2D eigenvalue weighted by atomic mass is 10.1. The molecule has 0 radical (unpaired) electrons. The molecular weight excluding hydrogens is 273 g/mol. The zero-order valence-electron chi connectivity index (χ0n) is 11.8. The molecular formula is C14H18FN5O. The molecule has 0 saturated carbocycles. The largest absolute Gasteiger partial charge is 0.325 e. The molecule has 1 atom stereocenters. The molecule has 0 aliphatic heterocycles. The minimum absolute atomic E-state index is 0.265.